The van der Waals surface area contributed by atoms with Gasteiger partial charge in [0.05, 0.1) is 19.2 Å². The normalized spacial score (nSPS) is 28.6. The van der Waals surface area contributed by atoms with Gasteiger partial charge < -0.3 is 10.0 Å². The number of hydrogen-bond acceptors (Lipinski definition) is 5. The molecule has 8 nitrogen and oxygen atoms in total. The van der Waals surface area contributed by atoms with E-state index in [4.69, 9.17) is 9.66 Å². The van der Waals surface area contributed by atoms with Gasteiger partial charge in [0.25, 0.3) is 0 Å². The Morgan fingerprint density at radius 1 is 1.59 bits per heavy atom. The van der Waals surface area contributed by atoms with Crippen LogP contribution in [0.4, 0.5) is 4.79 Å². The Morgan fingerprint density at radius 2 is 2.24 bits per heavy atom. The molecular formula is C8H12N2O6S. The molecule has 9 heteroatoms. The van der Waals surface area contributed by atoms with Crippen LogP contribution in [0, 0.1) is 0 Å². The van der Waals surface area contributed by atoms with E-state index in [2.05, 4.69) is 4.28 Å². The van der Waals surface area contributed by atoms with E-state index in [9.17, 15) is 13.2 Å². The Bertz CT molecular complexity index is 472. The summed E-state index contributed by atoms with van der Waals surface area (Å²) in [6.45, 7) is 1.67. The molecule has 0 aromatic heterocycles. The Balaban J connectivity index is 2.29. The number of amides is 2. The standard InChI is InChI=1S/C8H12N2O6S/c1-5-2-6(4-11)9-3-7(5)10(8(9)12)16-17(13,14)15/h2,6-7,11H,3-4H2,1H3,(H,13,14,15)/t6-,7-/m0/s1. The molecule has 0 aliphatic carbocycles. The molecule has 2 rings (SSSR count). The molecule has 1 saturated heterocycles. The molecule has 2 aliphatic heterocycles. The molecule has 2 amide bonds. The number of aliphatic hydroxyl groups excluding tert-OH is 1. The summed E-state index contributed by atoms with van der Waals surface area (Å²) < 4.78 is 34.1. The molecule has 0 spiro atoms. The lowest BCUT2D eigenvalue weighted by Gasteiger charge is -2.26. The van der Waals surface area contributed by atoms with Gasteiger partial charge in [0.2, 0.25) is 0 Å². The SMILES string of the molecule is CC1=C[C@@H](CO)N2C[C@@H]1N(OS(=O)(=O)O)C2=O. The van der Waals surface area contributed by atoms with Gasteiger partial charge in [-0.2, -0.15) is 13.5 Å². The number of aliphatic hydroxyl groups is 1. The number of rotatable bonds is 3. The van der Waals surface area contributed by atoms with E-state index in [0.717, 1.165) is 0 Å². The predicted octanol–water partition coefficient (Wildman–Crippen LogP) is -0.852. The summed E-state index contributed by atoms with van der Waals surface area (Å²) in [5, 5.41) is 9.71. The van der Waals surface area contributed by atoms with Gasteiger partial charge in [0.1, 0.15) is 6.04 Å². The zero-order valence-corrected chi connectivity index (χ0v) is 9.79. The zero-order valence-electron chi connectivity index (χ0n) is 8.98. The highest BCUT2D eigenvalue weighted by Crippen LogP contribution is 2.30. The number of hydroxylamine groups is 2. The van der Waals surface area contributed by atoms with Gasteiger partial charge in [-0.25, -0.2) is 4.79 Å². The fourth-order valence-corrected chi connectivity index (χ4v) is 2.42. The lowest BCUT2D eigenvalue weighted by Crippen LogP contribution is -2.40. The van der Waals surface area contributed by atoms with Gasteiger partial charge in [0.15, 0.2) is 0 Å². The first kappa shape index (κ1) is 12.3. The second-order valence-electron chi connectivity index (χ2n) is 3.94. The van der Waals surface area contributed by atoms with E-state index < -0.39 is 28.5 Å². The summed E-state index contributed by atoms with van der Waals surface area (Å²) in [6.07, 6.45) is 1.67. The minimum absolute atomic E-state index is 0.224. The third-order valence-electron chi connectivity index (χ3n) is 2.83. The number of carbonyl (C=O) groups is 1. The topological polar surface area (TPSA) is 107 Å². The third-order valence-corrected chi connectivity index (χ3v) is 3.18. The number of urea groups is 1. The van der Waals surface area contributed by atoms with Crippen molar-refractivity contribution in [2.45, 2.75) is 19.0 Å². The van der Waals surface area contributed by atoms with Crippen LogP contribution in [-0.4, -0.2) is 59.3 Å². The number of nitrogens with zero attached hydrogens (tertiary/aromatic N) is 2. The van der Waals surface area contributed by atoms with Crippen LogP contribution in [0.5, 0.6) is 0 Å². The van der Waals surface area contributed by atoms with Crippen molar-refractivity contribution < 1.29 is 27.2 Å². The van der Waals surface area contributed by atoms with Crippen molar-refractivity contribution in [2.24, 2.45) is 0 Å². The van der Waals surface area contributed by atoms with E-state index in [1.807, 2.05) is 0 Å². The third kappa shape index (κ3) is 2.14. The summed E-state index contributed by atoms with van der Waals surface area (Å²) in [5.74, 6) is 0. The molecule has 0 aromatic rings. The van der Waals surface area contributed by atoms with Crippen LogP contribution in [0.25, 0.3) is 0 Å². The number of fused-ring (bicyclic) bond motifs is 2. The minimum Gasteiger partial charge on any atom is -0.394 e. The van der Waals surface area contributed by atoms with Crippen molar-refractivity contribution in [3.05, 3.63) is 11.6 Å². The molecule has 2 bridgehead atoms. The van der Waals surface area contributed by atoms with E-state index in [-0.39, 0.29) is 13.2 Å². The van der Waals surface area contributed by atoms with Crippen molar-refractivity contribution in [2.75, 3.05) is 13.2 Å². The van der Waals surface area contributed by atoms with Gasteiger partial charge in [-0.05, 0) is 12.5 Å². The number of carbonyl (C=O) groups excluding carboxylic acids is 1. The van der Waals surface area contributed by atoms with E-state index in [1.165, 1.54) is 4.90 Å². The van der Waals surface area contributed by atoms with Crippen LogP contribution in [0.2, 0.25) is 0 Å². The zero-order chi connectivity index (χ0) is 12.8. The molecule has 96 valence electrons. The summed E-state index contributed by atoms with van der Waals surface area (Å²) in [5.41, 5.74) is 0.704. The quantitative estimate of drug-likeness (QED) is 0.507. The lowest BCUT2D eigenvalue weighted by molar-refractivity contribution is -0.0213. The van der Waals surface area contributed by atoms with Gasteiger partial charge >= 0.3 is 16.4 Å². The van der Waals surface area contributed by atoms with Gasteiger partial charge in [-0.3, -0.25) is 4.55 Å². The molecule has 0 aromatic carbocycles. The van der Waals surface area contributed by atoms with Crippen molar-refractivity contribution in [3.63, 3.8) is 0 Å². The molecule has 2 atom stereocenters. The highest BCUT2D eigenvalue weighted by atomic mass is 32.3. The highest BCUT2D eigenvalue weighted by molar-refractivity contribution is 7.80. The Hall–Kier alpha value is -1.16. The molecule has 0 radical (unpaired) electrons. The van der Waals surface area contributed by atoms with E-state index in [0.29, 0.717) is 10.6 Å². The Morgan fingerprint density at radius 3 is 2.76 bits per heavy atom. The predicted molar refractivity (Wildman–Crippen MR) is 55.0 cm³/mol. The second-order valence-corrected chi connectivity index (χ2v) is 4.94. The van der Waals surface area contributed by atoms with Gasteiger partial charge in [-0.15, -0.1) is 4.28 Å². The van der Waals surface area contributed by atoms with Gasteiger partial charge in [0, 0.05) is 0 Å². The molecule has 1 fully saturated rings. The molecule has 2 heterocycles. The van der Waals surface area contributed by atoms with Crippen LogP contribution in [0.15, 0.2) is 11.6 Å². The van der Waals surface area contributed by atoms with Crippen LogP contribution >= 0.6 is 0 Å². The molecular weight excluding hydrogens is 252 g/mol. The van der Waals surface area contributed by atoms with E-state index >= 15 is 0 Å². The summed E-state index contributed by atoms with van der Waals surface area (Å²) in [6, 6.07) is -1.75. The second kappa shape index (κ2) is 3.95. The molecule has 0 saturated carbocycles. The molecule has 17 heavy (non-hydrogen) atoms. The van der Waals surface area contributed by atoms with E-state index in [1.54, 1.807) is 13.0 Å². The van der Waals surface area contributed by atoms with Crippen molar-refractivity contribution in [3.8, 4) is 0 Å². The van der Waals surface area contributed by atoms with Crippen LogP contribution in [-0.2, 0) is 14.7 Å². The van der Waals surface area contributed by atoms with Crippen LogP contribution < -0.4 is 0 Å². The minimum atomic E-state index is -4.74. The average Bonchev–Trinajstić information content (AvgIpc) is 2.48. The maximum absolute atomic E-state index is 11.8. The van der Waals surface area contributed by atoms with Crippen molar-refractivity contribution in [1.82, 2.24) is 9.96 Å². The Labute approximate surface area is 98.0 Å². The summed E-state index contributed by atoms with van der Waals surface area (Å²) in [7, 11) is -4.74. The average molecular weight is 264 g/mol. The van der Waals surface area contributed by atoms with Crippen molar-refractivity contribution >= 4 is 16.4 Å². The van der Waals surface area contributed by atoms with Crippen molar-refractivity contribution in [1.29, 1.82) is 0 Å². The maximum Gasteiger partial charge on any atom is 0.418 e. The largest absolute Gasteiger partial charge is 0.418 e. The first-order valence-corrected chi connectivity index (χ1v) is 6.26. The highest BCUT2D eigenvalue weighted by Gasteiger charge is 2.46. The maximum atomic E-state index is 11.8. The molecule has 2 N–H and O–H groups in total. The van der Waals surface area contributed by atoms with Crippen LogP contribution in [0.1, 0.15) is 6.92 Å². The summed E-state index contributed by atoms with van der Waals surface area (Å²) in [4.78, 5) is 13.1. The monoisotopic (exact) mass is 264 g/mol. The Kier molecular flexibility index (Phi) is 2.86. The molecule has 2 aliphatic rings. The first-order chi connectivity index (χ1) is 7.83. The number of hydrogen-bond donors (Lipinski definition) is 2. The lowest BCUT2D eigenvalue weighted by atomic mass is 10.0. The first-order valence-electron chi connectivity index (χ1n) is 4.89. The van der Waals surface area contributed by atoms with Gasteiger partial charge in [-0.1, -0.05) is 6.08 Å². The molecule has 0 unspecified atom stereocenters. The fourth-order valence-electron chi connectivity index (χ4n) is 2.05. The smallest absolute Gasteiger partial charge is 0.394 e. The fraction of sp³-hybridized carbons (Fsp3) is 0.625. The van der Waals surface area contributed by atoms with Crippen LogP contribution in [0.3, 0.4) is 0 Å². The summed E-state index contributed by atoms with van der Waals surface area (Å²) >= 11 is 0.